The summed E-state index contributed by atoms with van der Waals surface area (Å²) in [6.45, 7) is 3.13. The molecule has 1 aromatic heterocycles. The Morgan fingerprint density at radius 3 is 2.79 bits per heavy atom. The molecule has 1 aliphatic rings. The normalized spacial score (nSPS) is 17.5. The Balaban J connectivity index is 2.01. The Bertz CT molecular complexity index is 795. The van der Waals surface area contributed by atoms with Crippen LogP contribution in [0.15, 0.2) is 5.38 Å². The molecule has 0 spiro atoms. The molecule has 1 fully saturated rings. The number of nitrogens with zero attached hydrogens (tertiary/aromatic N) is 2. The highest BCUT2D eigenvalue weighted by molar-refractivity contribution is 8.00. The van der Waals surface area contributed by atoms with Crippen molar-refractivity contribution in [2.45, 2.75) is 38.0 Å². The van der Waals surface area contributed by atoms with Crippen molar-refractivity contribution in [2.24, 2.45) is 0 Å². The quantitative estimate of drug-likeness (QED) is 0.416. The molecule has 28 heavy (non-hydrogen) atoms. The fourth-order valence-electron chi connectivity index (χ4n) is 2.41. The van der Waals surface area contributed by atoms with Crippen LogP contribution in [-0.2, 0) is 35.1 Å². The maximum absolute atomic E-state index is 12.6. The third-order valence-electron chi connectivity index (χ3n) is 3.61. The van der Waals surface area contributed by atoms with E-state index >= 15 is 0 Å². The molecular weight excluding hydrogens is 410 g/mol. The number of hydrogen-bond acceptors (Lipinski definition) is 9. The zero-order chi connectivity index (χ0) is 20.8. The molecule has 1 saturated heterocycles. The molecule has 2 heterocycles. The molecule has 2 N–H and O–H groups in total. The fraction of sp³-hybridized carbons (Fsp3) is 0.500. The van der Waals surface area contributed by atoms with E-state index in [0.29, 0.717) is 5.69 Å². The summed E-state index contributed by atoms with van der Waals surface area (Å²) in [5, 5.41) is 12.4. The number of thioether (sulfide) groups is 1. The Morgan fingerprint density at radius 2 is 2.18 bits per heavy atom. The second-order valence-electron chi connectivity index (χ2n) is 5.79. The number of ether oxygens (including phenoxy) is 1. The minimum Gasteiger partial charge on any atom is -0.480 e. The number of nitrogens with one attached hydrogen (secondary N) is 1. The van der Waals surface area contributed by atoms with E-state index in [2.05, 4.69) is 10.3 Å². The molecule has 1 aromatic rings. The summed E-state index contributed by atoms with van der Waals surface area (Å²) in [4.78, 5) is 63.7. The van der Waals surface area contributed by atoms with Gasteiger partial charge in [0.05, 0.1) is 24.0 Å². The lowest BCUT2D eigenvalue weighted by molar-refractivity contribution is -0.142. The monoisotopic (exact) mass is 429 g/mol. The van der Waals surface area contributed by atoms with Gasteiger partial charge >= 0.3 is 11.9 Å². The Labute approximate surface area is 168 Å². The van der Waals surface area contributed by atoms with Gasteiger partial charge in [0.1, 0.15) is 6.04 Å². The molecule has 2 unspecified atom stereocenters. The maximum atomic E-state index is 12.6. The molecule has 152 valence electrons. The van der Waals surface area contributed by atoms with Gasteiger partial charge in [-0.3, -0.25) is 19.2 Å². The van der Waals surface area contributed by atoms with Gasteiger partial charge in [0, 0.05) is 24.5 Å². The van der Waals surface area contributed by atoms with Crippen molar-refractivity contribution in [3.8, 4) is 0 Å². The molecule has 0 aromatic carbocycles. The lowest BCUT2D eigenvalue weighted by atomic mass is 10.3. The van der Waals surface area contributed by atoms with Gasteiger partial charge in [-0.25, -0.2) is 14.7 Å². The van der Waals surface area contributed by atoms with Crippen LogP contribution in [0.25, 0.3) is 0 Å². The molecular formula is C16H19N3O7S2. The molecule has 0 aliphatic carbocycles. The first-order valence-electron chi connectivity index (χ1n) is 8.31. The van der Waals surface area contributed by atoms with Gasteiger partial charge in [-0.05, 0) is 6.92 Å². The second-order valence-corrected chi connectivity index (χ2v) is 7.86. The summed E-state index contributed by atoms with van der Waals surface area (Å²) in [5.74, 6) is -3.19. The summed E-state index contributed by atoms with van der Waals surface area (Å²) >= 11 is 2.05. The van der Waals surface area contributed by atoms with Crippen molar-refractivity contribution >= 4 is 57.9 Å². The predicted octanol–water partition coefficient (Wildman–Crippen LogP) is 0.203. The molecule has 10 nitrogen and oxygen atoms in total. The predicted molar refractivity (Wildman–Crippen MR) is 101 cm³/mol. The minimum absolute atomic E-state index is 0.0571. The first kappa shape index (κ1) is 21.8. The molecule has 2 rings (SSSR count). The van der Waals surface area contributed by atoms with Gasteiger partial charge in [0.2, 0.25) is 17.7 Å². The third kappa shape index (κ3) is 5.52. The summed E-state index contributed by atoms with van der Waals surface area (Å²) in [5.41, 5.74) is 0.395. The van der Waals surface area contributed by atoms with E-state index in [1.54, 1.807) is 12.3 Å². The van der Waals surface area contributed by atoms with Gasteiger partial charge < -0.3 is 15.2 Å². The van der Waals surface area contributed by atoms with Crippen LogP contribution in [-0.4, -0.2) is 63.4 Å². The first-order chi connectivity index (χ1) is 13.2. The Kier molecular flexibility index (Phi) is 7.52. The molecule has 1 aliphatic heterocycles. The SMILES string of the molecule is CCOC(=O)Cc1csc(N2C(=O)CC(SCC(NC(C)=O)C(=O)O)C2=O)n1. The molecule has 3 amide bonds. The largest absolute Gasteiger partial charge is 0.480 e. The highest BCUT2D eigenvalue weighted by atomic mass is 32.2. The number of amides is 3. The zero-order valence-corrected chi connectivity index (χ0v) is 16.8. The highest BCUT2D eigenvalue weighted by Crippen LogP contribution is 2.32. The summed E-state index contributed by atoms with van der Waals surface area (Å²) in [6.07, 6.45) is -0.154. The van der Waals surface area contributed by atoms with Crippen molar-refractivity contribution in [3.05, 3.63) is 11.1 Å². The number of carboxylic acids is 1. The van der Waals surface area contributed by atoms with Crippen LogP contribution >= 0.6 is 23.1 Å². The van der Waals surface area contributed by atoms with Crippen molar-refractivity contribution in [3.63, 3.8) is 0 Å². The van der Waals surface area contributed by atoms with Crippen LogP contribution in [0.4, 0.5) is 5.13 Å². The number of carbonyl (C=O) groups excluding carboxylic acids is 4. The third-order valence-corrected chi connectivity index (χ3v) is 5.78. The number of carboxylic acid groups (broad SMARTS) is 1. The maximum Gasteiger partial charge on any atom is 0.327 e. The molecule has 0 saturated carbocycles. The van der Waals surface area contributed by atoms with Crippen molar-refractivity contribution in [2.75, 3.05) is 17.3 Å². The number of rotatable bonds is 9. The van der Waals surface area contributed by atoms with E-state index < -0.39 is 41.0 Å². The number of imide groups is 1. The van der Waals surface area contributed by atoms with Gasteiger partial charge in [-0.2, -0.15) is 0 Å². The molecule has 0 bridgehead atoms. The molecule has 0 radical (unpaired) electrons. The van der Waals surface area contributed by atoms with Crippen LogP contribution in [0.5, 0.6) is 0 Å². The van der Waals surface area contributed by atoms with Crippen LogP contribution < -0.4 is 10.2 Å². The van der Waals surface area contributed by atoms with E-state index in [4.69, 9.17) is 9.84 Å². The molecule has 2 atom stereocenters. The highest BCUT2D eigenvalue weighted by Gasteiger charge is 2.42. The number of anilines is 1. The van der Waals surface area contributed by atoms with Crippen LogP contribution in [0.1, 0.15) is 26.0 Å². The average Bonchev–Trinajstić information content (AvgIpc) is 3.15. The minimum atomic E-state index is -1.22. The van der Waals surface area contributed by atoms with Crippen molar-refractivity contribution in [1.29, 1.82) is 0 Å². The van der Waals surface area contributed by atoms with Crippen molar-refractivity contribution < 1.29 is 33.8 Å². The van der Waals surface area contributed by atoms with Gasteiger partial charge in [-0.15, -0.1) is 23.1 Å². The second kappa shape index (κ2) is 9.64. The van der Waals surface area contributed by atoms with E-state index in [1.807, 2.05) is 0 Å². The van der Waals surface area contributed by atoms with E-state index in [0.717, 1.165) is 28.0 Å². The number of aromatic nitrogens is 1. The summed E-state index contributed by atoms with van der Waals surface area (Å²) in [7, 11) is 0. The zero-order valence-electron chi connectivity index (χ0n) is 15.2. The van der Waals surface area contributed by atoms with Gasteiger partial charge in [-0.1, -0.05) is 0 Å². The Morgan fingerprint density at radius 1 is 1.46 bits per heavy atom. The summed E-state index contributed by atoms with van der Waals surface area (Å²) in [6, 6.07) is -1.16. The van der Waals surface area contributed by atoms with Gasteiger partial charge in [0.15, 0.2) is 5.13 Å². The number of esters is 1. The van der Waals surface area contributed by atoms with Crippen LogP contribution in [0, 0.1) is 0 Å². The van der Waals surface area contributed by atoms with E-state index in [1.165, 1.54) is 6.92 Å². The van der Waals surface area contributed by atoms with E-state index in [-0.39, 0.29) is 30.3 Å². The number of aliphatic carboxylic acids is 1. The number of carbonyl (C=O) groups is 5. The fourth-order valence-corrected chi connectivity index (χ4v) is 4.41. The lowest BCUT2D eigenvalue weighted by Gasteiger charge is -2.15. The first-order valence-corrected chi connectivity index (χ1v) is 10.2. The van der Waals surface area contributed by atoms with E-state index in [9.17, 15) is 24.0 Å². The lowest BCUT2D eigenvalue weighted by Crippen LogP contribution is -2.42. The van der Waals surface area contributed by atoms with Crippen LogP contribution in [0.2, 0.25) is 0 Å². The van der Waals surface area contributed by atoms with Crippen LogP contribution in [0.3, 0.4) is 0 Å². The average molecular weight is 429 g/mol. The smallest absolute Gasteiger partial charge is 0.327 e. The van der Waals surface area contributed by atoms with Crippen molar-refractivity contribution in [1.82, 2.24) is 10.3 Å². The summed E-state index contributed by atoms with van der Waals surface area (Å²) < 4.78 is 4.84. The topological polar surface area (TPSA) is 143 Å². The molecule has 12 heteroatoms. The van der Waals surface area contributed by atoms with Gasteiger partial charge in [0.25, 0.3) is 0 Å². The Hall–Kier alpha value is -2.47. The standard InChI is InChI=1S/C16H19N3O7S2/c1-3-26-13(22)4-9-6-28-16(18-9)19-12(21)5-11(14(19)23)27-7-10(15(24)25)17-8(2)20/h6,10-11H,3-5,7H2,1-2H3,(H,17,20)(H,24,25). The number of hydrogen-bond donors (Lipinski definition) is 2. The number of thiazole rings is 1.